The molecule has 0 aliphatic carbocycles. The number of nitrogens with zero attached hydrogens (tertiary/aromatic N) is 3. The number of imidazole rings is 1. The number of guanidine groups is 2. The summed E-state index contributed by atoms with van der Waals surface area (Å²) in [5, 5.41) is 10.6. The van der Waals surface area contributed by atoms with Gasteiger partial charge in [0.25, 0.3) is 0 Å². The standard InChI is InChI=1S/C29H45N13O5S/c30-24(44)19(8-4-10-36-28(31)32)40-27(47)22(13-18-14-35-16-38-18)42-25(45)20(9-5-11-37-29(33)34)41-26(46)21(39-23(43)15-48)12-17-6-2-1-3-7-17/h1-3,6-7,14,16,19-22,48H,4-5,8-13,15H2,(H2,30,44)(H,35,38)(H,39,43)(H,40,47)(H,41,46)(H,42,45)(H4,31,32,36)(H4,33,34,37)/t19-,20-,21-,22-/m0/s1. The predicted molar refractivity (Wildman–Crippen MR) is 183 cm³/mol. The molecule has 0 aliphatic heterocycles. The molecule has 1 heterocycles. The van der Waals surface area contributed by atoms with Crippen molar-refractivity contribution in [2.24, 2.45) is 38.7 Å². The Morgan fingerprint density at radius 2 is 1.25 bits per heavy atom. The highest BCUT2D eigenvalue weighted by molar-refractivity contribution is 7.81. The van der Waals surface area contributed by atoms with E-state index in [0.717, 1.165) is 5.56 Å². The van der Waals surface area contributed by atoms with E-state index in [9.17, 15) is 24.0 Å². The highest BCUT2D eigenvalue weighted by Crippen LogP contribution is 2.08. The minimum atomic E-state index is -1.22. The third kappa shape index (κ3) is 14.8. The maximum atomic E-state index is 13.8. The van der Waals surface area contributed by atoms with E-state index in [-0.39, 0.29) is 62.9 Å². The maximum Gasteiger partial charge on any atom is 0.243 e. The van der Waals surface area contributed by atoms with Crippen molar-refractivity contribution in [3.8, 4) is 0 Å². The molecule has 0 bridgehead atoms. The highest BCUT2D eigenvalue weighted by Gasteiger charge is 2.31. The monoisotopic (exact) mass is 687 g/mol. The molecule has 0 spiro atoms. The second-order valence-corrected chi connectivity index (χ2v) is 11.0. The molecule has 5 amide bonds. The van der Waals surface area contributed by atoms with Gasteiger partial charge in [0.2, 0.25) is 29.5 Å². The van der Waals surface area contributed by atoms with Crippen LogP contribution in [-0.2, 0) is 36.8 Å². The minimum absolute atomic E-state index is 0.0413. The Morgan fingerprint density at radius 3 is 1.77 bits per heavy atom. The second-order valence-electron chi connectivity index (χ2n) is 10.7. The zero-order valence-electron chi connectivity index (χ0n) is 26.4. The van der Waals surface area contributed by atoms with Gasteiger partial charge in [0.1, 0.15) is 24.2 Å². The van der Waals surface area contributed by atoms with Crippen LogP contribution in [0, 0.1) is 0 Å². The summed E-state index contributed by atoms with van der Waals surface area (Å²) in [6.07, 6.45) is 3.78. The van der Waals surface area contributed by atoms with Gasteiger partial charge in [-0.2, -0.15) is 12.6 Å². The Kier molecular flexibility index (Phi) is 16.8. The Bertz CT molecular complexity index is 1400. The summed E-state index contributed by atoms with van der Waals surface area (Å²) in [4.78, 5) is 79.8. The van der Waals surface area contributed by atoms with E-state index in [1.165, 1.54) is 12.5 Å². The first kappa shape index (κ1) is 38.9. The number of aromatic amines is 1. The molecule has 48 heavy (non-hydrogen) atoms. The van der Waals surface area contributed by atoms with Gasteiger partial charge in [-0.25, -0.2) is 4.98 Å². The normalized spacial score (nSPS) is 13.1. The first-order valence-electron chi connectivity index (χ1n) is 15.1. The number of H-pyrrole nitrogens is 1. The second kappa shape index (κ2) is 20.7. The largest absolute Gasteiger partial charge is 0.370 e. The SMILES string of the molecule is NC(=O)[C@H](CCCN=C(N)N)NC(=O)[C@H](Cc1cnc[nH]1)NC(=O)[C@H](CCCN=C(N)N)NC(=O)[C@H](Cc1ccccc1)NC(=O)CS. The van der Waals surface area contributed by atoms with Gasteiger partial charge in [0, 0.05) is 37.8 Å². The number of carbonyl (C=O) groups is 5. The fraction of sp³-hybridized carbons (Fsp3) is 0.448. The summed E-state index contributed by atoms with van der Waals surface area (Å²) in [5.41, 5.74) is 28.3. The van der Waals surface area contributed by atoms with E-state index >= 15 is 0 Å². The molecule has 4 atom stereocenters. The maximum absolute atomic E-state index is 13.8. The van der Waals surface area contributed by atoms with Gasteiger partial charge in [-0.15, -0.1) is 0 Å². The number of benzene rings is 1. The Morgan fingerprint density at radius 1 is 0.729 bits per heavy atom. The number of primary amides is 1. The van der Waals surface area contributed by atoms with E-state index in [1.54, 1.807) is 24.3 Å². The average molecular weight is 688 g/mol. The van der Waals surface area contributed by atoms with Crippen LogP contribution in [0.2, 0.25) is 0 Å². The number of hydrogen-bond acceptors (Lipinski definition) is 9. The molecule has 2 aromatic rings. The van der Waals surface area contributed by atoms with Gasteiger partial charge in [0.15, 0.2) is 11.9 Å². The fourth-order valence-electron chi connectivity index (χ4n) is 4.50. The van der Waals surface area contributed by atoms with Crippen molar-refractivity contribution in [2.45, 2.75) is 62.7 Å². The molecule has 19 heteroatoms. The molecular weight excluding hydrogens is 642 g/mol. The van der Waals surface area contributed by atoms with Crippen LogP contribution in [0.4, 0.5) is 0 Å². The smallest absolute Gasteiger partial charge is 0.243 e. The number of amides is 5. The lowest BCUT2D eigenvalue weighted by molar-refractivity contribution is -0.134. The van der Waals surface area contributed by atoms with Crippen molar-refractivity contribution in [3.63, 3.8) is 0 Å². The van der Waals surface area contributed by atoms with Crippen LogP contribution >= 0.6 is 12.6 Å². The molecule has 15 N–H and O–H groups in total. The zero-order valence-corrected chi connectivity index (χ0v) is 27.3. The van der Waals surface area contributed by atoms with Crippen LogP contribution in [0.15, 0.2) is 52.8 Å². The Balaban J connectivity index is 2.29. The zero-order chi connectivity index (χ0) is 35.5. The van der Waals surface area contributed by atoms with Gasteiger partial charge in [-0.3, -0.25) is 34.0 Å². The minimum Gasteiger partial charge on any atom is -0.370 e. The molecule has 0 aliphatic rings. The molecular formula is C29H45N13O5S. The first-order chi connectivity index (χ1) is 22.9. The molecule has 1 aromatic carbocycles. The van der Waals surface area contributed by atoms with Crippen LogP contribution in [0.3, 0.4) is 0 Å². The lowest BCUT2D eigenvalue weighted by Gasteiger charge is -2.26. The van der Waals surface area contributed by atoms with Crippen LogP contribution in [0.1, 0.15) is 36.9 Å². The summed E-state index contributed by atoms with van der Waals surface area (Å²) in [6.45, 7) is 0.362. The summed E-state index contributed by atoms with van der Waals surface area (Å²) in [6, 6.07) is 4.47. The third-order valence-electron chi connectivity index (χ3n) is 6.87. The molecule has 18 nitrogen and oxygen atoms in total. The molecule has 0 unspecified atom stereocenters. The molecule has 0 fully saturated rings. The number of thiol groups is 1. The molecule has 1 aromatic heterocycles. The Labute approximate surface area is 283 Å². The van der Waals surface area contributed by atoms with E-state index in [2.05, 4.69) is 53.8 Å². The van der Waals surface area contributed by atoms with Crippen molar-refractivity contribution in [2.75, 3.05) is 18.8 Å². The average Bonchev–Trinajstić information content (AvgIpc) is 3.56. The van der Waals surface area contributed by atoms with Gasteiger partial charge in [0.05, 0.1) is 12.1 Å². The van der Waals surface area contributed by atoms with Gasteiger partial charge in [-0.1, -0.05) is 30.3 Å². The molecule has 0 saturated carbocycles. The number of aromatic nitrogens is 2. The summed E-state index contributed by atoms with van der Waals surface area (Å²) in [7, 11) is 0. The quantitative estimate of drug-likeness (QED) is 0.0268. The van der Waals surface area contributed by atoms with Gasteiger partial charge >= 0.3 is 0 Å². The van der Waals surface area contributed by atoms with Crippen molar-refractivity contribution in [3.05, 3.63) is 54.1 Å². The lowest BCUT2D eigenvalue weighted by Crippen LogP contribution is -2.58. The van der Waals surface area contributed by atoms with Crippen LogP contribution < -0.4 is 49.9 Å². The molecule has 0 radical (unpaired) electrons. The number of aliphatic imine (C=N–C) groups is 2. The Hall–Kier alpha value is -5.33. The van der Waals surface area contributed by atoms with Crippen molar-refractivity contribution < 1.29 is 24.0 Å². The van der Waals surface area contributed by atoms with Crippen LogP contribution in [0.5, 0.6) is 0 Å². The third-order valence-corrected chi connectivity index (χ3v) is 7.16. The van der Waals surface area contributed by atoms with E-state index in [0.29, 0.717) is 12.1 Å². The molecule has 0 saturated heterocycles. The van der Waals surface area contributed by atoms with E-state index < -0.39 is 53.7 Å². The fourth-order valence-corrected chi connectivity index (χ4v) is 4.59. The highest BCUT2D eigenvalue weighted by atomic mass is 32.1. The van der Waals surface area contributed by atoms with Gasteiger partial charge < -0.3 is 54.9 Å². The van der Waals surface area contributed by atoms with E-state index in [4.69, 9.17) is 28.7 Å². The first-order valence-corrected chi connectivity index (χ1v) is 15.7. The summed E-state index contributed by atoms with van der Waals surface area (Å²) in [5.74, 6) is -3.76. The van der Waals surface area contributed by atoms with Crippen LogP contribution in [0.25, 0.3) is 0 Å². The summed E-state index contributed by atoms with van der Waals surface area (Å²) < 4.78 is 0. The number of carbonyl (C=O) groups excluding carboxylic acids is 5. The van der Waals surface area contributed by atoms with Crippen LogP contribution in [-0.4, -0.2) is 94.4 Å². The molecule has 262 valence electrons. The number of rotatable bonds is 21. The van der Waals surface area contributed by atoms with Crippen molar-refractivity contribution >= 4 is 54.1 Å². The van der Waals surface area contributed by atoms with Gasteiger partial charge in [-0.05, 0) is 31.2 Å². The van der Waals surface area contributed by atoms with E-state index in [1.807, 2.05) is 6.07 Å². The number of hydrogen-bond donors (Lipinski definition) is 11. The van der Waals surface area contributed by atoms with Crippen molar-refractivity contribution in [1.82, 2.24) is 31.2 Å². The number of nitrogens with one attached hydrogen (secondary N) is 5. The predicted octanol–water partition coefficient (Wildman–Crippen LogP) is -3.34. The molecule has 2 rings (SSSR count). The lowest BCUT2D eigenvalue weighted by atomic mass is 10.0. The van der Waals surface area contributed by atoms with Crippen molar-refractivity contribution in [1.29, 1.82) is 0 Å². The topological polar surface area (TPSA) is 317 Å². The summed E-state index contributed by atoms with van der Waals surface area (Å²) >= 11 is 3.99. The number of nitrogens with two attached hydrogens (primary N) is 5.